The number of anilines is 3. The van der Waals surface area contributed by atoms with Gasteiger partial charge in [0.2, 0.25) is 0 Å². The molecule has 1 amide bonds. The molecule has 0 aliphatic rings. The lowest BCUT2D eigenvalue weighted by atomic mass is 10.2. The molecule has 0 radical (unpaired) electrons. The number of carbonyl (C=O) groups excluding carboxylic acids is 1. The van der Waals surface area contributed by atoms with Crippen LogP contribution < -0.4 is 10.6 Å². The van der Waals surface area contributed by atoms with Crippen LogP contribution in [-0.2, 0) is 0 Å². The molecule has 0 atom stereocenters. The van der Waals surface area contributed by atoms with Crippen molar-refractivity contribution in [3.63, 3.8) is 0 Å². The van der Waals surface area contributed by atoms with Crippen molar-refractivity contribution < 1.29 is 4.79 Å². The average molecular weight is 375 g/mol. The van der Waals surface area contributed by atoms with Crippen molar-refractivity contribution in [1.29, 1.82) is 0 Å². The number of hydrogen-bond donors (Lipinski definition) is 2. The van der Waals surface area contributed by atoms with Crippen LogP contribution in [0.4, 0.5) is 17.2 Å². The Balaban J connectivity index is 1.52. The van der Waals surface area contributed by atoms with Gasteiger partial charge >= 0.3 is 0 Å². The molecule has 2 aromatic heterocycles. The zero-order valence-corrected chi connectivity index (χ0v) is 14.9. The van der Waals surface area contributed by atoms with Gasteiger partial charge in [0.05, 0.1) is 27.5 Å². The van der Waals surface area contributed by atoms with Crippen molar-refractivity contribution in [3.8, 4) is 0 Å². The number of aromatic nitrogens is 2. The first-order valence-corrected chi connectivity index (χ1v) is 8.71. The molecule has 0 fully saturated rings. The van der Waals surface area contributed by atoms with E-state index in [0.717, 1.165) is 16.6 Å². The summed E-state index contributed by atoms with van der Waals surface area (Å²) < 4.78 is 0. The van der Waals surface area contributed by atoms with Gasteiger partial charge in [0.15, 0.2) is 0 Å². The second-order valence-corrected chi connectivity index (χ2v) is 6.28. The molecule has 0 bridgehead atoms. The Hall–Kier alpha value is -3.44. The summed E-state index contributed by atoms with van der Waals surface area (Å²) in [5, 5.41) is 7.59. The molecule has 5 nitrogen and oxygen atoms in total. The van der Waals surface area contributed by atoms with Crippen LogP contribution in [0.15, 0.2) is 79.1 Å². The Labute approximate surface area is 161 Å². The van der Waals surface area contributed by atoms with Crippen molar-refractivity contribution in [1.82, 2.24) is 9.97 Å². The summed E-state index contributed by atoms with van der Waals surface area (Å²) in [5.41, 5.74) is 2.62. The lowest BCUT2D eigenvalue weighted by Crippen LogP contribution is -2.12. The van der Waals surface area contributed by atoms with E-state index in [-0.39, 0.29) is 5.91 Å². The molecule has 4 rings (SSSR count). The largest absolute Gasteiger partial charge is 0.339 e. The summed E-state index contributed by atoms with van der Waals surface area (Å²) in [6.07, 6.45) is 3.22. The monoisotopic (exact) mass is 374 g/mol. The minimum Gasteiger partial charge on any atom is -0.339 e. The SMILES string of the molecule is O=C(Nc1cccc2cccnc12)c1ccc(Nc2ccccc2Cl)nc1. The normalized spacial score (nSPS) is 10.6. The molecule has 0 aliphatic heterocycles. The Kier molecular flexibility index (Phi) is 4.68. The predicted octanol–water partition coefficient (Wildman–Crippen LogP) is 5.28. The number of pyridine rings is 2. The molecule has 27 heavy (non-hydrogen) atoms. The number of amides is 1. The summed E-state index contributed by atoms with van der Waals surface area (Å²) in [6, 6.07) is 20.3. The molecule has 2 N–H and O–H groups in total. The number of halogens is 1. The zero-order valence-electron chi connectivity index (χ0n) is 14.2. The summed E-state index contributed by atoms with van der Waals surface area (Å²) in [7, 11) is 0. The van der Waals surface area contributed by atoms with E-state index in [2.05, 4.69) is 20.6 Å². The first-order chi connectivity index (χ1) is 13.2. The number of carbonyl (C=O) groups is 1. The molecule has 6 heteroatoms. The lowest BCUT2D eigenvalue weighted by Gasteiger charge is -2.09. The van der Waals surface area contributed by atoms with Gasteiger partial charge in [0, 0.05) is 17.8 Å². The van der Waals surface area contributed by atoms with Crippen LogP contribution >= 0.6 is 11.6 Å². The summed E-state index contributed by atoms with van der Waals surface area (Å²) in [4.78, 5) is 21.2. The third-order valence-electron chi connectivity index (χ3n) is 4.04. The molecule has 2 heterocycles. The van der Waals surface area contributed by atoms with Crippen molar-refractivity contribution >= 4 is 45.6 Å². The van der Waals surface area contributed by atoms with Gasteiger partial charge in [-0.1, -0.05) is 41.9 Å². The smallest absolute Gasteiger partial charge is 0.257 e. The molecule has 2 aromatic carbocycles. The van der Waals surface area contributed by atoms with Gasteiger partial charge in [-0.05, 0) is 36.4 Å². The third-order valence-corrected chi connectivity index (χ3v) is 4.37. The molecule has 132 valence electrons. The highest BCUT2D eigenvalue weighted by Gasteiger charge is 2.10. The zero-order chi connectivity index (χ0) is 18.6. The van der Waals surface area contributed by atoms with Crippen molar-refractivity contribution in [3.05, 3.63) is 89.7 Å². The standard InChI is InChI=1S/C21H15ClN4O/c22-16-7-1-2-8-17(16)25-19-11-10-15(13-24-19)21(27)26-18-9-3-5-14-6-4-12-23-20(14)18/h1-13H,(H,24,25)(H,26,27). The molecule has 0 saturated carbocycles. The molecular formula is C21H15ClN4O. The maximum absolute atomic E-state index is 12.6. The maximum Gasteiger partial charge on any atom is 0.257 e. The molecule has 0 aliphatic carbocycles. The number of nitrogens with zero attached hydrogens (tertiary/aromatic N) is 2. The number of rotatable bonds is 4. The van der Waals surface area contributed by atoms with Crippen LogP contribution in [0.3, 0.4) is 0 Å². The van der Waals surface area contributed by atoms with Crippen LogP contribution in [0.2, 0.25) is 5.02 Å². The van der Waals surface area contributed by atoms with Gasteiger partial charge in [0.1, 0.15) is 5.82 Å². The average Bonchev–Trinajstić information content (AvgIpc) is 2.70. The minimum atomic E-state index is -0.245. The summed E-state index contributed by atoms with van der Waals surface area (Å²) in [5.74, 6) is 0.358. The van der Waals surface area contributed by atoms with E-state index in [9.17, 15) is 4.79 Å². The van der Waals surface area contributed by atoms with Crippen LogP contribution in [0, 0.1) is 0 Å². The van der Waals surface area contributed by atoms with E-state index in [1.807, 2.05) is 48.5 Å². The Morgan fingerprint density at radius 1 is 0.852 bits per heavy atom. The predicted molar refractivity (Wildman–Crippen MR) is 109 cm³/mol. The van der Waals surface area contributed by atoms with E-state index in [4.69, 9.17) is 11.6 Å². The first-order valence-electron chi connectivity index (χ1n) is 8.33. The summed E-state index contributed by atoms with van der Waals surface area (Å²) >= 11 is 6.13. The fourth-order valence-corrected chi connectivity index (χ4v) is 2.89. The van der Waals surface area contributed by atoms with Crippen LogP contribution in [0.1, 0.15) is 10.4 Å². The van der Waals surface area contributed by atoms with Crippen molar-refractivity contribution in [2.24, 2.45) is 0 Å². The Bertz CT molecular complexity index is 1110. The second kappa shape index (κ2) is 7.43. The number of para-hydroxylation sites is 2. The van der Waals surface area contributed by atoms with E-state index in [1.165, 1.54) is 6.20 Å². The first kappa shape index (κ1) is 17.0. The van der Waals surface area contributed by atoms with E-state index < -0.39 is 0 Å². The Morgan fingerprint density at radius 3 is 2.48 bits per heavy atom. The van der Waals surface area contributed by atoms with Gasteiger partial charge in [0.25, 0.3) is 5.91 Å². The highest BCUT2D eigenvalue weighted by Crippen LogP contribution is 2.24. The number of hydrogen-bond acceptors (Lipinski definition) is 4. The highest BCUT2D eigenvalue weighted by molar-refractivity contribution is 6.33. The molecule has 0 unspecified atom stereocenters. The van der Waals surface area contributed by atoms with Crippen molar-refractivity contribution in [2.45, 2.75) is 0 Å². The lowest BCUT2D eigenvalue weighted by molar-refractivity contribution is 0.102. The minimum absolute atomic E-state index is 0.245. The van der Waals surface area contributed by atoms with E-state index >= 15 is 0 Å². The molecule has 4 aromatic rings. The van der Waals surface area contributed by atoms with Gasteiger partial charge in [-0.25, -0.2) is 4.98 Å². The van der Waals surface area contributed by atoms with Crippen LogP contribution in [0.25, 0.3) is 10.9 Å². The molecular weight excluding hydrogens is 360 g/mol. The fraction of sp³-hybridized carbons (Fsp3) is 0. The molecule has 0 spiro atoms. The van der Waals surface area contributed by atoms with Gasteiger partial charge < -0.3 is 10.6 Å². The second-order valence-electron chi connectivity index (χ2n) is 5.87. The number of nitrogens with one attached hydrogen (secondary N) is 2. The third kappa shape index (κ3) is 3.73. The topological polar surface area (TPSA) is 66.9 Å². The van der Waals surface area contributed by atoms with Crippen LogP contribution in [-0.4, -0.2) is 15.9 Å². The van der Waals surface area contributed by atoms with E-state index in [1.54, 1.807) is 24.4 Å². The maximum atomic E-state index is 12.6. The highest BCUT2D eigenvalue weighted by atomic mass is 35.5. The van der Waals surface area contributed by atoms with Gasteiger partial charge in [-0.3, -0.25) is 9.78 Å². The van der Waals surface area contributed by atoms with Gasteiger partial charge in [-0.15, -0.1) is 0 Å². The van der Waals surface area contributed by atoms with Crippen LogP contribution in [0.5, 0.6) is 0 Å². The molecule has 0 saturated heterocycles. The number of benzene rings is 2. The number of fused-ring (bicyclic) bond motifs is 1. The van der Waals surface area contributed by atoms with E-state index in [0.29, 0.717) is 22.1 Å². The van der Waals surface area contributed by atoms with Gasteiger partial charge in [-0.2, -0.15) is 0 Å². The fourth-order valence-electron chi connectivity index (χ4n) is 2.70. The quantitative estimate of drug-likeness (QED) is 0.510. The van der Waals surface area contributed by atoms with Crippen molar-refractivity contribution in [2.75, 3.05) is 10.6 Å². The summed E-state index contributed by atoms with van der Waals surface area (Å²) in [6.45, 7) is 0. The Morgan fingerprint density at radius 2 is 1.67 bits per heavy atom.